The fraction of sp³-hybridized carbons (Fsp3) is 0.429. The summed E-state index contributed by atoms with van der Waals surface area (Å²) in [6.45, 7) is 1.54. The number of rotatable bonds is 4. The molecule has 0 spiro atoms. The van der Waals surface area contributed by atoms with E-state index in [4.69, 9.17) is 4.74 Å². The van der Waals surface area contributed by atoms with Crippen LogP contribution in [0.25, 0.3) is 0 Å². The van der Waals surface area contributed by atoms with Gasteiger partial charge >= 0.3 is 0 Å². The van der Waals surface area contributed by atoms with Gasteiger partial charge in [0.15, 0.2) is 0 Å². The monoisotopic (exact) mass is 262 g/mol. The molecule has 5 nitrogen and oxygen atoms in total. The fourth-order valence-corrected chi connectivity index (χ4v) is 2.12. The molecule has 2 amide bonds. The molecule has 2 rings (SSSR count). The van der Waals surface area contributed by atoms with Crippen molar-refractivity contribution < 1.29 is 14.3 Å². The maximum atomic E-state index is 11.8. The molecule has 1 heterocycles. The normalized spacial score (nSPS) is 14.3. The number of carbonyl (C=O) groups is 2. The molecule has 1 aromatic carbocycles. The smallest absolute Gasteiger partial charge is 0.233 e. The average molecular weight is 262 g/mol. The third kappa shape index (κ3) is 3.71. The highest BCUT2D eigenvalue weighted by molar-refractivity contribution is 6.03. The molecule has 0 unspecified atom stereocenters. The summed E-state index contributed by atoms with van der Waals surface area (Å²) >= 11 is 0. The van der Waals surface area contributed by atoms with Crippen LogP contribution >= 0.6 is 0 Å². The van der Waals surface area contributed by atoms with Gasteiger partial charge in [0.05, 0.1) is 7.11 Å². The zero-order chi connectivity index (χ0) is 13.7. The van der Waals surface area contributed by atoms with Crippen LogP contribution in [0.2, 0.25) is 0 Å². The lowest BCUT2D eigenvalue weighted by Crippen LogP contribution is -2.31. The Morgan fingerprint density at radius 2 is 2.05 bits per heavy atom. The van der Waals surface area contributed by atoms with Crippen molar-refractivity contribution in [3.8, 4) is 5.75 Å². The van der Waals surface area contributed by atoms with E-state index in [0.717, 1.165) is 25.9 Å². The van der Waals surface area contributed by atoms with Gasteiger partial charge in [-0.2, -0.15) is 0 Å². The van der Waals surface area contributed by atoms with Crippen molar-refractivity contribution in [1.82, 2.24) is 4.90 Å². The van der Waals surface area contributed by atoms with E-state index in [9.17, 15) is 9.59 Å². The highest BCUT2D eigenvalue weighted by Crippen LogP contribution is 2.17. The highest BCUT2D eigenvalue weighted by atomic mass is 16.5. The molecule has 102 valence electrons. The van der Waals surface area contributed by atoms with Crippen LogP contribution in [0.5, 0.6) is 5.75 Å². The van der Waals surface area contributed by atoms with Gasteiger partial charge in [0, 0.05) is 24.8 Å². The van der Waals surface area contributed by atoms with Gasteiger partial charge in [-0.25, -0.2) is 0 Å². The number of carbonyl (C=O) groups excluding carboxylic acids is 2. The number of amides is 2. The van der Waals surface area contributed by atoms with Crippen LogP contribution in [0, 0.1) is 0 Å². The first-order chi connectivity index (χ1) is 9.19. The molecule has 1 aliphatic rings. The predicted molar refractivity (Wildman–Crippen MR) is 72.1 cm³/mol. The zero-order valence-electron chi connectivity index (χ0n) is 11.0. The van der Waals surface area contributed by atoms with Gasteiger partial charge < -0.3 is 15.0 Å². The van der Waals surface area contributed by atoms with E-state index in [0.29, 0.717) is 11.4 Å². The predicted octanol–water partition coefficient (Wildman–Crippen LogP) is 1.65. The minimum Gasteiger partial charge on any atom is -0.497 e. The van der Waals surface area contributed by atoms with Crippen LogP contribution in [-0.2, 0) is 9.59 Å². The Hall–Kier alpha value is -2.04. The van der Waals surface area contributed by atoms with Crippen molar-refractivity contribution in [2.75, 3.05) is 25.5 Å². The van der Waals surface area contributed by atoms with E-state index >= 15 is 0 Å². The second-order valence-corrected chi connectivity index (χ2v) is 4.54. The summed E-state index contributed by atoms with van der Waals surface area (Å²) in [5, 5.41) is 2.70. The van der Waals surface area contributed by atoms with E-state index < -0.39 is 0 Å². The summed E-state index contributed by atoms with van der Waals surface area (Å²) in [5.74, 6) is 0.284. The molecule has 19 heavy (non-hydrogen) atoms. The van der Waals surface area contributed by atoms with Crippen LogP contribution in [0.3, 0.4) is 0 Å². The summed E-state index contributed by atoms with van der Waals surface area (Å²) in [5.41, 5.74) is 0.638. The Balaban J connectivity index is 1.87. The molecule has 0 bridgehead atoms. The Morgan fingerprint density at radius 1 is 1.32 bits per heavy atom. The van der Waals surface area contributed by atoms with Crippen LogP contribution in [0.4, 0.5) is 5.69 Å². The number of hydrogen-bond donors (Lipinski definition) is 1. The number of benzene rings is 1. The summed E-state index contributed by atoms with van der Waals surface area (Å²) in [6, 6.07) is 7.07. The molecular formula is C14H18N2O3. The molecule has 5 heteroatoms. The van der Waals surface area contributed by atoms with Crippen molar-refractivity contribution >= 4 is 17.5 Å². The van der Waals surface area contributed by atoms with E-state index in [1.165, 1.54) is 0 Å². The number of anilines is 1. The first kappa shape index (κ1) is 13.4. The molecule has 0 aromatic heterocycles. The molecule has 0 atom stereocenters. The van der Waals surface area contributed by atoms with Crippen molar-refractivity contribution in [3.63, 3.8) is 0 Å². The fourth-order valence-electron chi connectivity index (χ4n) is 2.12. The van der Waals surface area contributed by atoms with Crippen LogP contribution < -0.4 is 10.1 Å². The maximum Gasteiger partial charge on any atom is 0.233 e. The quantitative estimate of drug-likeness (QED) is 0.839. The lowest BCUT2D eigenvalue weighted by Gasteiger charge is -2.14. The number of methoxy groups -OCH3 is 1. The third-order valence-corrected chi connectivity index (χ3v) is 3.12. The molecular weight excluding hydrogens is 244 g/mol. The molecule has 0 radical (unpaired) electrons. The van der Waals surface area contributed by atoms with Crippen molar-refractivity contribution in [1.29, 1.82) is 0 Å². The van der Waals surface area contributed by atoms with Gasteiger partial charge in [0.25, 0.3) is 0 Å². The number of hydrogen-bond acceptors (Lipinski definition) is 3. The third-order valence-electron chi connectivity index (χ3n) is 3.12. The van der Waals surface area contributed by atoms with E-state index in [1.807, 2.05) is 0 Å². The molecule has 1 aromatic rings. The van der Waals surface area contributed by atoms with Gasteiger partial charge in [-0.05, 0) is 25.0 Å². The molecule has 0 saturated carbocycles. The Bertz CT molecular complexity index is 468. The number of nitrogens with one attached hydrogen (secondary N) is 1. The average Bonchev–Trinajstić information content (AvgIpc) is 2.92. The minimum absolute atomic E-state index is 0.0992. The SMILES string of the molecule is COc1cccc(NC(=O)CC(=O)N2CCCC2)c1. The molecule has 0 aliphatic carbocycles. The minimum atomic E-state index is -0.287. The number of likely N-dealkylation sites (tertiary alicyclic amines) is 1. The van der Waals surface area contributed by atoms with Gasteiger partial charge in [-0.3, -0.25) is 9.59 Å². The first-order valence-electron chi connectivity index (χ1n) is 6.41. The Morgan fingerprint density at radius 3 is 2.74 bits per heavy atom. The second-order valence-electron chi connectivity index (χ2n) is 4.54. The highest BCUT2D eigenvalue weighted by Gasteiger charge is 2.20. The van der Waals surface area contributed by atoms with Gasteiger partial charge in [-0.1, -0.05) is 6.07 Å². The molecule has 1 saturated heterocycles. The summed E-state index contributed by atoms with van der Waals surface area (Å²) in [7, 11) is 1.57. The van der Waals surface area contributed by atoms with Crippen LogP contribution in [0.15, 0.2) is 24.3 Å². The van der Waals surface area contributed by atoms with Crippen molar-refractivity contribution in [2.24, 2.45) is 0 Å². The second kappa shape index (κ2) is 6.22. The van der Waals surface area contributed by atoms with Crippen LogP contribution in [-0.4, -0.2) is 36.9 Å². The van der Waals surface area contributed by atoms with E-state index in [1.54, 1.807) is 36.3 Å². The standard InChI is InChI=1S/C14H18N2O3/c1-19-12-6-4-5-11(9-12)15-13(17)10-14(18)16-7-2-3-8-16/h4-6,9H,2-3,7-8,10H2,1H3,(H,15,17). The summed E-state index contributed by atoms with van der Waals surface area (Å²) in [6.07, 6.45) is 1.96. The van der Waals surface area contributed by atoms with Crippen LogP contribution in [0.1, 0.15) is 19.3 Å². The van der Waals surface area contributed by atoms with Gasteiger partial charge in [0.1, 0.15) is 12.2 Å². The lowest BCUT2D eigenvalue weighted by molar-refractivity contribution is -0.133. The Kier molecular flexibility index (Phi) is 4.39. The molecule has 1 aliphatic heterocycles. The largest absolute Gasteiger partial charge is 0.497 e. The number of nitrogens with zero attached hydrogens (tertiary/aromatic N) is 1. The van der Waals surface area contributed by atoms with Crippen molar-refractivity contribution in [3.05, 3.63) is 24.3 Å². The lowest BCUT2D eigenvalue weighted by atomic mass is 10.2. The Labute approximate surface area is 112 Å². The maximum absolute atomic E-state index is 11.8. The van der Waals surface area contributed by atoms with Crippen molar-refractivity contribution in [2.45, 2.75) is 19.3 Å². The van der Waals surface area contributed by atoms with E-state index in [2.05, 4.69) is 5.32 Å². The van der Waals surface area contributed by atoms with Gasteiger partial charge in [-0.15, -0.1) is 0 Å². The number of ether oxygens (including phenoxy) is 1. The first-order valence-corrected chi connectivity index (χ1v) is 6.41. The molecule has 1 fully saturated rings. The summed E-state index contributed by atoms with van der Waals surface area (Å²) in [4.78, 5) is 25.3. The molecule has 1 N–H and O–H groups in total. The topological polar surface area (TPSA) is 58.6 Å². The van der Waals surface area contributed by atoms with Gasteiger partial charge in [0.2, 0.25) is 11.8 Å². The zero-order valence-corrected chi connectivity index (χ0v) is 11.0. The van der Waals surface area contributed by atoms with E-state index in [-0.39, 0.29) is 18.2 Å². The summed E-state index contributed by atoms with van der Waals surface area (Å²) < 4.78 is 5.07.